The predicted octanol–water partition coefficient (Wildman–Crippen LogP) is 5.72. The number of thiocarbonyl (C=S) groups is 1. The van der Waals surface area contributed by atoms with Gasteiger partial charge in [-0.3, -0.25) is 15.1 Å². The van der Waals surface area contributed by atoms with Crippen molar-refractivity contribution in [3.63, 3.8) is 0 Å². The van der Waals surface area contributed by atoms with Gasteiger partial charge in [0.05, 0.1) is 22.3 Å². The summed E-state index contributed by atoms with van der Waals surface area (Å²) in [5, 5.41) is 15.4. The van der Waals surface area contributed by atoms with E-state index in [1.807, 2.05) is 71.4 Å². The molecule has 7 nitrogen and oxygen atoms in total. The molecular formula is C24H18BrN5O2S. The maximum Gasteiger partial charge on any atom is 0.271 e. The topological polar surface area (TPSA) is 76.2 Å². The Morgan fingerprint density at radius 3 is 2.55 bits per heavy atom. The van der Waals surface area contributed by atoms with Crippen LogP contribution >= 0.6 is 28.1 Å². The van der Waals surface area contributed by atoms with Gasteiger partial charge in [0.1, 0.15) is 6.04 Å². The summed E-state index contributed by atoms with van der Waals surface area (Å²) >= 11 is 9.27. The van der Waals surface area contributed by atoms with Crippen molar-refractivity contribution in [3.8, 4) is 5.69 Å². The summed E-state index contributed by atoms with van der Waals surface area (Å²) in [5.41, 5.74) is 3.47. The Morgan fingerprint density at radius 2 is 1.82 bits per heavy atom. The fraction of sp³-hybridized carbons (Fsp3) is 0.0833. The van der Waals surface area contributed by atoms with Crippen LogP contribution in [0.25, 0.3) is 5.69 Å². The van der Waals surface area contributed by atoms with Crippen LogP contribution in [0.15, 0.2) is 95.7 Å². The lowest BCUT2D eigenvalue weighted by Crippen LogP contribution is -2.30. The lowest BCUT2D eigenvalue weighted by atomic mass is 10.0. The van der Waals surface area contributed by atoms with Crippen LogP contribution in [0, 0.1) is 10.1 Å². The molecule has 5 rings (SSSR count). The van der Waals surface area contributed by atoms with Gasteiger partial charge in [-0.25, -0.2) is 0 Å². The zero-order valence-corrected chi connectivity index (χ0v) is 19.6. The summed E-state index contributed by atoms with van der Waals surface area (Å²) in [6.07, 6.45) is 3.67. The minimum Gasteiger partial charge on any atom is -0.351 e. The van der Waals surface area contributed by atoms with Crippen molar-refractivity contribution in [1.29, 1.82) is 0 Å². The number of hydrogen-bond donors (Lipinski definition) is 1. The number of halogens is 1. The zero-order chi connectivity index (χ0) is 22.9. The molecule has 2 aromatic heterocycles. The molecule has 2 aromatic carbocycles. The maximum atomic E-state index is 11.4. The van der Waals surface area contributed by atoms with Crippen LogP contribution in [-0.4, -0.2) is 19.6 Å². The molecule has 1 aliphatic heterocycles. The molecule has 1 fully saturated rings. The largest absolute Gasteiger partial charge is 0.351 e. The number of aromatic nitrogens is 2. The fourth-order valence-electron chi connectivity index (χ4n) is 4.16. The summed E-state index contributed by atoms with van der Waals surface area (Å²) in [6, 6.07) is 23.9. The highest BCUT2D eigenvalue weighted by atomic mass is 79.9. The first-order valence-electron chi connectivity index (χ1n) is 10.2. The second-order valence-corrected chi connectivity index (χ2v) is 8.86. The molecule has 0 aliphatic carbocycles. The van der Waals surface area contributed by atoms with E-state index in [1.54, 1.807) is 18.3 Å². The quantitative estimate of drug-likeness (QED) is 0.206. The zero-order valence-electron chi connectivity index (χ0n) is 17.2. The number of nitrogens with zero attached hydrogens (tertiary/aromatic N) is 4. The van der Waals surface area contributed by atoms with Crippen LogP contribution < -0.4 is 10.2 Å². The Hall–Kier alpha value is -3.56. The molecule has 3 heterocycles. The van der Waals surface area contributed by atoms with Crippen molar-refractivity contribution >= 4 is 44.6 Å². The van der Waals surface area contributed by atoms with E-state index in [1.165, 1.54) is 6.07 Å². The van der Waals surface area contributed by atoms with Crippen molar-refractivity contribution in [2.45, 2.75) is 12.1 Å². The number of nitrogens with one attached hydrogen (secondary N) is 1. The van der Waals surface area contributed by atoms with Crippen molar-refractivity contribution in [2.24, 2.45) is 0 Å². The highest BCUT2D eigenvalue weighted by molar-refractivity contribution is 9.10. The molecule has 0 bridgehead atoms. The van der Waals surface area contributed by atoms with Crippen LogP contribution in [0.3, 0.4) is 0 Å². The third kappa shape index (κ3) is 4.01. The first kappa shape index (κ1) is 21.3. The second kappa shape index (κ2) is 8.76. The number of pyridine rings is 1. The first-order chi connectivity index (χ1) is 16.0. The van der Waals surface area contributed by atoms with Gasteiger partial charge < -0.3 is 14.8 Å². The molecule has 9 heteroatoms. The van der Waals surface area contributed by atoms with E-state index in [4.69, 9.17) is 12.2 Å². The molecule has 4 aromatic rings. The van der Waals surface area contributed by atoms with E-state index < -0.39 is 0 Å². The third-order valence-corrected chi connectivity index (χ3v) is 6.45. The Balaban J connectivity index is 1.66. The molecule has 0 spiro atoms. The van der Waals surface area contributed by atoms with Gasteiger partial charge in [-0.2, -0.15) is 0 Å². The Morgan fingerprint density at radius 1 is 1.00 bits per heavy atom. The van der Waals surface area contributed by atoms with E-state index >= 15 is 0 Å². The van der Waals surface area contributed by atoms with Crippen molar-refractivity contribution in [1.82, 2.24) is 14.9 Å². The van der Waals surface area contributed by atoms with E-state index in [-0.39, 0.29) is 22.7 Å². The number of hydrogen-bond acceptors (Lipinski definition) is 4. The van der Waals surface area contributed by atoms with Crippen LogP contribution in [0.2, 0.25) is 0 Å². The molecule has 2 unspecified atom stereocenters. The van der Waals surface area contributed by atoms with Crippen LogP contribution in [0.4, 0.5) is 11.4 Å². The van der Waals surface area contributed by atoms with E-state index in [9.17, 15) is 10.1 Å². The molecule has 1 saturated heterocycles. The molecule has 33 heavy (non-hydrogen) atoms. The predicted molar refractivity (Wildman–Crippen MR) is 134 cm³/mol. The Labute approximate surface area is 204 Å². The molecule has 0 amide bonds. The molecule has 2 atom stereocenters. The number of anilines is 1. The second-order valence-electron chi connectivity index (χ2n) is 7.55. The normalized spacial score (nSPS) is 17.7. The van der Waals surface area contributed by atoms with Gasteiger partial charge in [0.15, 0.2) is 5.11 Å². The minimum atomic E-state index is -0.385. The molecule has 1 N–H and O–H groups in total. The molecular weight excluding hydrogens is 502 g/mol. The number of nitro benzene ring substituents is 1. The molecule has 0 radical (unpaired) electrons. The lowest BCUT2D eigenvalue weighted by Gasteiger charge is -2.29. The monoisotopic (exact) mass is 519 g/mol. The molecule has 0 saturated carbocycles. The first-order valence-corrected chi connectivity index (χ1v) is 11.4. The average Bonchev–Trinajstić information content (AvgIpc) is 3.44. The van der Waals surface area contributed by atoms with Crippen molar-refractivity contribution < 1.29 is 4.92 Å². The van der Waals surface area contributed by atoms with Gasteiger partial charge in [-0.15, -0.1) is 0 Å². The number of non-ortho nitro benzene ring substituents is 1. The standard InChI is InChI=1S/C24H18BrN5O2S/c25-16-9-11-17(12-10-16)29-23(22(27-24(29)33)20-7-1-2-13-26-20)21-8-4-14-28(21)18-5-3-6-19(15-18)30(31)32/h1-15,22-23H,(H,27,33). The number of benzene rings is 2. The minimum absolute atomic E-state index is 0.0401. The van der Waals surface area contributed by atoms with E-state index in [0.29, 0.717) is 10.8 Å². The van der Waals surface area contributed by atoms with Crippen LogP contribution in [-0.2, 0) is 0 Å². The van der Waals surface area contributed by atoms with Crippen LogP contribution in [0.1, 0.15) is 23.5 Å². The van der Waals surface area contributed by atoms with Crippen molar-refractivity contribution in [2.75, 3.05) is 4.90 Å². The SMILES string of the molecule is O=[N+]([O-])c1cccc(-n2cccc2C2C(c3ccccn3)NC(=S)N2c2ccc(Br)cc2)c1. The summed E-state index contributed by atoms with van der Waals surface area (Å²) in [7, 11) is 0. The number of rotatable bonds is 5. The smallest absolute Gasteiger partial charge is 0.271 e. The van der Waals surface area contributed by atoms with Gasteiger partial charge in [-0.05, 0) is 66.8 Å². The van der Waals surface area contributed by atoms with Gasteiger partial charge >= 0.3 is 0 Å². The lowest BCUT2D eigenvalue weighted by molar-refractivity contribution is -0.384. The third-order valence-electron chi connectivity index (χ3n) is 5.60. The maximum absolute atomic E-state index is 11.4. The van der Waals surface area contributed by atoms with Gasteiger partial charge in [0, 0.05) is 40.4 Å². The summed E-state index contributed by atoms with van der Waals surface area (Å²) in [6.45, 7) is 0. The summed E-state index contributed by atoms with van der Waals surface area (Å²) < 4.78 is 2.94. The number of nitro groups is 1. The fourth-order valence-corrected chi connectivity index (χ4v) is 4.77. The molecule has 164 valence electrons. The van der Waals surface area contributed by atoms with Gasteiger partial charge in [0.2, 0.25) is 0 Å². The Bertz CT molecular complexity index is 1330. The highest BCUT2D eigenvalue weighted by Crippen LogP contribution is 2.42. The average molecular weight is 520 g/mol. The van der Waals surface area contributed by atoms with E-state index in [2.05, 4.69) is 31.1 Å². The van der Waals surface area contributed by atoms with E-state index in [0.717, 1.165) is 21.5 Å². The van der Waals surface area contributed by atoms with Gasteiger partial charge in [0.25, 0.3) is 5.69 Å². The summed E-state index contributed by atoms with van der Waals surface area (Å²) in [4.78, 5) is 17.6. The molecule has 1 aliphatic rings. The van der Waals surface area contributed by atoms with Gasteiger partial charge in [-0.1, -0.05) is 28.1 Å². The summed E-state index contributed by atoms with van der Waals surface area (Å²) in [5.74, 6) is 0. The highest BCUT2D eigenvalue weighted by Gasteiger charge is 2.42. The Kier molecular flexibility index (Phi) is 5.65. The van der Waals surface area contributed by atoms with Crippen LogP contribution in [0.5, 0.6) is 0 Å². The van der Waals surface area contributed by atoms with Crippen molar-refractivity contribution in [3.05, 3.63) is 117 Å².